The van der Waals surface area contributed by atoms with E-state index in [0.29, 0.717) is 12.7 Å². The van der Waals surface area contributed by atoms with Crippen LogP contribution < -0.4 is 5.32 Å². The molecule has 1 unspecified atom stereocenters. The van der Waals surface area contributed by atoms with Crippen LogP contribution in [0.1, 0.15) is 26.2 Å². The Balaban J connectivity index is 2.26. The van der Waals surface area contributed by atoms with Crippen LogP contribution in [0.15, 0.2) is 12.7 Å². The normalized spacial score (nSPS) is 23.9. The van der Waals surface area contributed by atoms with Crippen molar-refractivity contribution in [1.82, 2.24) is 10.2 Å². The molecule has 3 nitrogen and oxygen atoms in total. The van der Waals surface area contributed by atoms with E-state index in [4.69, 9.17) is 0 Å². The van der Waals surface area contributed by atoms with Gasteiger partial charge >= 0.3 is 0 Å². The van der Waals surface area contributed by atoms with Crippen molar-refractivity contribution < 1.29 is 4.79 Å². The summed E-state index contributed by atoms with van der Waals surface area (Å²) in [5.41, 5.74) is 0. The van der Waals surface area contributed by atoms with E-state index in [1.165, 1.54) is 25.3 Å². The number of hydrogen-bond acceptors (Lipinski definition) is 2. The van der Waals surface area contributed by atoms with E-state index in [-0.39, 0.29) is 5.91 Å². The average molecular weight is 182 g/mol. The lowest BCUT2D eigenvalue weighted by Gasteiger charge is -2.32. The molecule has 1 atom stereocenters. The molecule has 1 heterocycles. The molecule has 0 spiro atoms. The van der Waals surface area contributed by atoms with Gasteiger partial charge in [-0.1, -0.05) is 13.0 Å². The van der Waals surface area contributed by atoms with Gasteiger partial charge in [0.15, 0.2) is 0 Å². The Kier molecular flexibility index (Phi) is 3.96. The van der Waals surface area contributed by atoms with Crippen molar-refractivity contribution in [2.75, 3.05) is 13.2 Å². The van der Waals surface area contributed by atoms with Crippen molar-refractivity contribution in [3.63, 3.8) is 0 Å². The molecule has 1 amide bonds. The molecule has 0 aliphatic carbocycles. The first-order chi connectivity index (χ1) is 6.24. The van der Waals surface area contributed by atoms with Crippen molar-refractivity contribution in [3.05, 3.63) is 12.7 Å². The summed E-state index contributed by atoms with van der Waals surface area (Å²) in [5, 5.41) is 2.80. The highest BCUT2D eigenvalue weighted by molar-refractivity contribution is 5.86. The number of rotatable bonds is 3. The Morgan fingerprint density at radius 2 is 2.46 bits per heavy atom. The Hall–Kier alpha value is -0.830. The van der Waals surface area contributed by atoms with Gasteiger partial charge < -0.3 is 5.32 Å². The van der Waals surface area contributed by atoms with E-state index < -0.39 is 0 Å². The molecule has 0 aromatic carbocycles. The molecule has 74 valence electrons. The molecule has 1 fully saturated rings. The van der Waals surface area contributed by atoms with Crippen LogP contribution in [0.5, 0.6) is 0 Å². The number of likely N-dealkylation sites (tertiary alicyclic amines) is 1. The van der Waals surface area contributed by atoms with Gasteiger partial charge in [-0.15, -0.1) is 0 Å². The highest BCUT2D eigenvalue weighted by Gasteiger charge is 2.17. The summed E-state index contributed by atoms with van der Waals surface area (Å²) < 4.78 is 0. The lowest BCUT2D eigenvalue weighted by molar-refractivity contribution is -0.117. The first-order valence-electron chi connectivity index (χ1n) is 4.88. The second-order valence-electron chi connectivity index (χ2n) is 3.56. The summed E-state index contributed by atoms with van der Waals surface area (Å²) in [6, 6.07) is 0.596. The average Bonchev–Trinajstić information content (AvgIpc) is 2.16. The molecule has 0 aromatic rings. The fourth-order valence-electron chi connectivity index (χ4n) is 1.64. The summed E-state index contributed by atoms with van der Waals surface area (Å²) in [6.45, 7) is 7.37. The van der Waals surface area contributed by atoms with Gasteiger partial charge in [-0.2, -0.15) is 0 Å². The molecule has 1 N–H and O–H groups in total. The van der Waals surface area contributed by atoms with Crippen molar-refractivity contribution in [1.29, 1.82) is 0 Å². The summed E-state index contributed by atoms with van der Waals surface area (Å²) in [6.07, 6.45) is 5.11. The minimum atomic E-state index is -0.0854. The van der Waals surface area contributed by atoms with Crippen LogP contribution in [0.4, 0.5) is 0 Å². The number of piperidine rings is 1. The van der Waals surface area contributed by atoms with Gasteiger partial charge in [0.1, 0.15) is 0 Å². The third kappa shape index (κ3) is 3.19. The molecule has 1 aliphatic heterocycles. The molecule has 0 radical (unpaired) electrons. The predicted molar refractivity (Wildman–Crippen MR) is 53.2 cm³/mol. The van der Waals surface area contributed by atoms with Gasteiger partial charge in [-0.25, -0.2) is 0 Å². The van der Waals surface area contributed by atoms with Gasteiger partial charge in [0.2, 0.25) is 5.91 Å². The van der Waals surface area contributed by atoms with E-state index in [9.17, 15) is 4.79 Å². The topological polar surface area (TPSA) is 32.3 Å². The number of hydrogen-bond donors (Lipinski definition) is 1. The maximum absolute atomic E-state index is 10.9. The number of carbonyl (C=O) groups excluding carboxylic acids is 1. The van der Waals surface area contributed by atoms with Crippen LogP contribution in [0.2, 0.25) is 0 Å². The number of amides is 1. The number of carbonyl (C=O) groups is 1. The van der Waals surface area contributed by atoms with Crippen LogP contribution in [-0.4, -0.2) is 30.1 Å². The first kappa shape index (κ1) is 10.3. The fraction of sp³-hybridized carbons (Fsp3) is 0.700. The molecule has 0 bridgehead atoms. The molecular weight excluding hydrogens is 164 g/mol. The molecule has 1 aliphatic rings. The van der Waals surface area contributed by atoms with Gasteiger partial charge in [-0.3, -0.25) is 9.69 Å². The highest BCUT2D eigenvalue weighted by Crippen LogP contribution is 2.14. The van der Waals surface area contributed by atoms with Crippen LogP contribution >= 0.6 is 0 Å². The summed E-state index contributed by atoms with van der Waals surface area (Å²) >= 11 is 0. The minimum absolute atomic E-state index is 0.0854. The summed E-state index contributed by atoms with van der Waals surface area (Å²) in [4.78, 5) is 13.2. The Bertz CT molecular complexity index is 191. The molecule has 1 rings (SSSR count). The zero-order valence-corrected chi connectivity index (χ0v) is 8.25. The number of nitrogens with zero attached hydrogens (tertiary/aromatic N) is 1. The maximum atomic E-state index is 10.9. The zero-order valence-electron chi connectivity index (χ0n) is 8.25. The van der Waals surface area contributed by atoms with Gasteiger partial charge in [-0.05, 0) is 25.8 Å². The van der Waals surface area contributed by atoms with Crippen molar-refractivity contribution in [2.45, 2.75) is 32.2 Å². The van der Waals surface area contributed by atoms with Gasteiger partial charge in [0.05, 0.1) is 6.67 Å². The number of nitrogens with one attached hydrogen (secondary N) is 1. The van der Waals surface area contributed by atoms with Crippen LogP contribution in [0.3, 0.4) is 0 Å². The van der Waals surface area contributed by atoms with Crippen molar-refractivity contribution in [3.8, 4) is 0 Å². The molecule has 13 heavy (non-hydrogen) atoms. The van der Waals surface area contributed by atoms with Crippen LogP contribution in [0, 0.1) is 0 Å². The third-order valence-corrected chi connectivity index (χ3v) is 2.58. The van der Waals surface area contributed by atoms with E-state index in [2.05, 4.69) is 23.7 Å². The van der Waals surface area contributed by atoms with Crippen LogP contribution in [-0.2, 0) is 4.79 Å². The predicted octanol–water partition coefficient (Wildman–Crippen LogP) is 1.12. The highest BCUT2D eigenvalue weighted by atomic mass is 16.1. The Morgan fingerprint density at radius 3 is 3.08 bits per heavy atom. The SMILES string of the molecule is C=CC(=O)NCN1CCCCC1C. The Labute approximate surface area is 79.8 Å². The smallest absolute Gasteiger partial charge is 0.244 e. The largest absolute Gasteiger partial charge is 0.340 e. The fourth-order valence-corrected chi connectivity index (χ4v) is 1.64. The van der Waals surface area contributed by atoms with E-state index in [1.807, 2.05) is 0 Å². The molecule has 1 saturated heterocycles. The lowest BCUT2D eigenvalue weighted by atomic mass is 10.0. The first-order valence-corrected chi connectivity index (χ1v) is 4.88. The molecule has 0 saturated carbocycles. The lowest BCUT2D eigenvalue weighted by Crippen LogP contribution is -2.44. The standard InChI is InChI=1S/C10H18N2O/c1-3-10(13)11-8-12-7-5-4-6-9(12)2/h3,9H,1,4-8H2,2H3,(H,11,13). The van der Waals surface area contributed by atoms with Gasteiger partial charge in [0.25, 0.3) is 0 Å². The van der Waals surface area contributed by atoms with Gasteiger partial charge in [0, 0.05) is 12.6 Å². The third-order valence-electron chi connectivity index (χ3n) is 2.58. The summed E-state index contributed by atoms with van der Waals surface area (Å²) in [5.74, 6) is -0.0854. The minimum Gasteiger partial charge on any atom is -0.340 e. The second kappa shape index (κ2) is 5.02. The van der Waals surface area contributed by atoms with Crippen molar-refractivity contribution >= 4 is 5.91 Å². The maximum Gasteiger partial charge on any atom is 0.244 e. The molecule has 3 heteroatoms. The monoisotopic (exact) mass is 182 g/mol. The quantitative estimate of drug-likeness (QED) is 0.663. The van der Waals surface area contributed by atoms with E-state index in [0.717, 1.165) is 6.54 Å². The van der Waals surface area contributed by atoms with Crippen LogP contribution in [0.25, 0.3) is 0 Å². The van der Waals surface area contributed by atoms with E-state index >= 15 is 0 Å². The molecular formula is C10H18N2O. The molecule has 0 aromatic heterocycles. The Morgan fingerprint density at radius 1 is 1.69 bits per heavy atom. The second-order valence-corrected chi connectivity index (χ2v) is 3.56. The van der Waals surface area contributed by atoms with E-state index in [1.54, 1.807) is 0 Å². The summed E-state index contributed by atoms with van der Waals surface area (Å²) in [7, 11) is 0. The zero-order chi connectivity index (χ0) is 9.68. The van der Waals surface area contributed by atoms with Crippen molar-refractivity contribution in [2.24, 2.45) is 0 Å².